The predicted octanol–water partition coefficient (Wildman–Crippen LogP) is 1.63. The van der Waals surface area contributed by atoms with Crippen molar-refractivity contribution in [2.45, 2.75) is 6.92 Å². The molecule has 0 bridgehead atoms. The Morgan fingerprint density at radius 2 is 2.25 bits per heavy atom. The zero-order chi connectivity index (χ0) is 12.0. The third-order valence-electron chi connectivity index (χ3n) is 1.93. The number of nitro groups is 1. The van der Waals surface area contributed by atoms with Crippen molar-refractivity contribution in [1.29, 1.82) is 0 Å². The fourth-order valence-corrected chi connectivity index (χ4v) is 1.25. The van der Waals surface area contributed by atoms with Gasteiger partial charge in [-0.25, -0.2) is 0 Å². The maximum absolute atomic E-state index is 10.6. The zero-order valence-electron chi connectivity index (χ0n) is 9.10. The van der Waals surface area contributed by atoms with E-state index in [-0.39, 0.29) is 5.69 Å². The third-order valence-corrected chi connectivity index (χ3v) is 1.93. The summed E-state index contributed by atoms with van der Waals surface area (Å²) in [5.74, 6) is 0. The van der Waals surface area contributed by atoms with Gasteiger partial charge in [-0.05, 0) is 13.0 Å². The van der Waals surface area contributed by atoms with Crippen LogP contribution < -0.4 is 11.1 Å². The molecule has 0 radical (unpaired) electrons. The molecular formula is C10H15N3O3. The second-order valence-electron chi connectivity index (χ2n) is 3.19. The first-order valence-corrected chi connectivity index (χ1v) is 5.00. The minimum atomic E-state index is -0.468. The Hall–Kier alpha value is -1.82. The Bertz CT molecular complexity index is 368. The lowest BCUT2D eigenvalue weighted by atomic mass is 10.2. The van der Waals surface area contributed by atoms with Crippen LogP contribution in [0.3, 0.4) is 0 Å². The standard InChI is InChI=1S/C10H15N3O3/c1-2-16-4-3-12-9-5-8(11)6-10(7-9)13(14)15/h5-7,12H,2-4,11H2,1H3. The molecule has 0 aliphatic carbocycles. The zero-order valence-corrected chi connectivity index (χ0v) is 9.10. The molecule has 0 atom stereocenters. The summed E-state index contributed by atoms with van der Waals surface area (Å²) in [6.45, 7) is 3.71. The molecule has 88 valence electrons. The molecule has 6 heteroatoms. The summed E-state index contributed by atoms with van der Waals surface area (Å²) in [7, 11) is 0. The lowest BCUT2D eigenvalue weighted by Gasteiger charge is -2.07. The largest absolute Gasteiger partial charge is 0.398 e. The Morgan fingerprint density at radius 1 is 1.50 bits per heavy atom. The van der Waals surface area contributed by atoms with Crippen molar-refractivity contribution in [3.05, 3.63) is 28.3 Å². The van der Waals surface area contributed by atoms with Gasteiger partial charge in [0.05, 0.1) is 11.5 Å². The smallest absolute Gasteiger partial charge is 0.273 e. The number of nitro benzene ring substituents is 1. The van der Waals surface area contributed by atoms with Crippen LogP contribution in [0.4, 0.5) is 17.1 Å². The average molecular weight is 225 g/mol. The molecule has 0 aliphatic rings. The number of nitrogens with two attached hydrogens (primary N) is 1. The topological polar surface area (TPSA) is 90.4 Å². The van der Waals surface area contributed by atoms with Crippen molar-refractivity contribution in [1.82, 2.24) is 0 Å². The van der Waals surface area contributed by atoms with E-state index in [0.717, 1.165) is 0 Å². The van der Waals surface area contributed by atoms with E-state index in [0.29, 0.717) is 31.1 Å². The van der Waals surface area contributed by atoms with E-state index >= 15 is 0 Å². The number of ether oxygens (including phenoxy) is 1. The Morgan fingerprint density at radius 3 is 2.88 bits per heavy atom. The van der Waals surface area contributed by atoms with Crippen LogP contribution in [-0.4, -0.2) is 24.7 Å². The number of anilines is 2. The van der Waals surface area contributed by atoms with Crippen molar-refractivity contribution in [3.63, 3.8) is 0 Å². The Balaban J connectivity index is 2.62. The van der Waals surface area contributed by atoms with Gasteiger partial charge in [-0.1, -0.05) is 0 Å². The van der Waals surface area contributed by atoms with Gasteiger partial charge in [0.15, 0.2) is 0 Å². The highest BCUT2D eigenvalue weighted by atomic mass is 16.6. The third kappa shape index (κ3) is 3.74. The van der Waals surface area contributed by atoms with E-state index in [1.54, 1.807) is 6.07 Å². The number of benzene rings is 1. The lowest BCUT2D eigenvalue weighted by Crippen LogP contribution is -2.09. The number of non-ortho nitro benzene ring substituents is 1. The lowest BCUT2D eigenvalue weighted by molar-refractivity contribution is -0.384. The van der Waals surface area contributed by atoms with E-state index in [4.69, 9.17) is 10.5 Å². The summed E-state index contributed by atoms with van der Waals surface area (Å²) in [5.41, 5.74) is 6.54. The van der Waals surface area contributed by atoms with Gasteiger partial charge in [-0.3, -0.25) is 10.1 Å². The number of nitrogen functional groups attached to an aromatic ring is 1. The second-order valence-corrected chi connectivity index (χ2v) is 3.19. The number of hydrogen-bond acceptors (Lipinski definition) is 5. The van der Waals surface area contributed by atoms with Crippen LogP contribution in [0.5, 0.6) is 0 Å². The van der Waals surface area contributed by atoms with Crippen LogP contribution >= 0.6 is 0 Å². The van der Waals surface area contributed by atoms with Crippen molar-refractivity contribution < 1.29 is 9.66 Å². The molecule has 16 heavy (non-hydrogen) atoms. The van der Waals surface area contributed by atoms with Crippen LogP contribution in [0.1, 0.15) is 6.92 Å². The number of rotatable bonds is 6. The van der Waals surface area contributed by atoms with E-state index in [1.165, 1.54) is 12.1 Å². The fourth-order valence-electron chi connectivity index (χ4n) is 1.25. The number of nitrogens with one attached hydrogen (secondary N) is 1. The molecule has 6 nitrogen and oxygen atoms in total. The molecule has 0 fully saturated rings. The molecule has 0 amide bonds. The van der Waals surface area contributed by atoms with Crippen molar-refractivity contribution in [3.8, 4) is 0 Å². The molecule has 0 unspecified atom stereocenters. The molecule has 0 saturated carbocycles. The summed E-state index contributed by atoms with van der Waals surface area (Å²) >= 11 is 0. The molecule has 1 aromatic rings. The van der Waals surface area contributed by atoms with Crippen molar-refractivity contribution in [2.24, 2.45) is 0 Å². The van der Waals surface area contributed by atoms with E-state index in [1.807, 2.05) is 6.92 Å². The first-order chi connectivity index (χ1) is 7.63. The predicted molar refractivity (Wildman–Crippen MR) is 62.5 cm³/mol. The summed E-state index contributed by atoms with van der Waals surface area (Å²) in [6.07, 6.45) is 0. The van der Waals surface area contributed by atoms with Crippen LogP contribution in [0.25, 0.3) is 0 Å². The first-order valence-electron chi connectivity index (χ1n) is 5.00. The quantitative estimate of drug-likeness (QED) is 0.332. The normalized spacial score (nSPS) is 10.1. The van der Waals surface area contributed by atoms with E-state index in [2.05, 4.69) is 5.32 Å². The van der Waals surface area contributed by atoms with Gasteiger partial charge < -0.3 is 15.8 Å². The summed E-state index contributed by atoms with van der Waals surface area (Å²) in [5, 5.41) is 13.6. The van der Waals surface area contributed by atoms with Crippen LogP contribution in [-0.2, 0) is 4.74 Å². The van der Waals surface area contributed by atoms with Crippen molar-refractivity contribution >= 4 is 17.1 Å². The van der Waals surface area contributed by atoms with Crippen LogP contribution in [0.15, 0.2) is 18.2 Å². The number of hydrogen-bond donors (Lipinski definition) is 2. The highest BCUT2D eigenvalue weighted by Crippen LogP contribution is 2.21. The molecular weight excluding hydrogens is 210 g/mol. The van der Waals surface area contributed by atoms with E-state index < -0.39 is 4.92 Å². The van der Waals surface area contributed by atoms with Gasteiger partial charge >= 0.3 is 0 Å². The maximum Gasteiger partial charge on any atom is 0.273 e. The molecule has 0 spiro atoms. The SMILES string of the molecule is CCOCCNc1cc(N)cc([N+](=O)[O-])c1. The molecule has 1 rings (SSSR count). The highest BCUT2D eigenvalue weighted by molar-refractivity contribution is 5.61. The van der Waals surface area contributed by atoms with Crippen molar-refractivity contribution in [2.75, 3.05) is 30.8 Å². The Kier molecular flexibility index (Phi) is 4.53. The molecule has 0 aliphatic heterocycles. The summed E-state index contributed by atoms with van der Waals surface area (Å²) in [4.78, 5) is 10.1. The molecule has 0 saturated heterocycles. The van der Waals surface area contributed by atoms with Gasteiger partial charge in [0.25, 0.3) is 5.69 Å². The van der Waals surface area contributed by atoms with Gasteiger partial charge in [-0.15, -0.1) is 0 Å². The molecule has 1 aromatic carbocycles. The Labute approximate surface area is 93.5 Å². The molecule has 0 heterocycles. The monoisotopic (exact) mass is 225 g/mol. The van der Waals surface area contributed by atoms with Gasteiger partial charge in [-0.2, -0.15) is 0 Å². The van der Waals surface area contributed by atoms with E-state index in [9.17, 15) is 10.1 Å². The molecule has 3 N–H and O–H groups in total. The minimum absolute atomic E-state index is 0.0149. The first kappa shape index (κ1) is 12.3. The molecule has 0 aromatic heterocycles. The summed E-state index contributed by atoms with van der Waals surface area (Å²) in [6, 6.07) is 4.43. The average Bonchev–Trinajstić information content (AvgIpc) is 2.23. The van der Waals surface area contributed by atoms with Crippen LogP contribution in [0, 0.1) is 10.1 Å². The minimum Gasteiger partial charge on any atom is -0.398 e. The van der Waals surface area contributed by atoms with Crippen LogP contribution in [0.2, 0.25) is 0 Å². The second kappa shape index (κ2) is 5.92. The maximum atomic E-state index is 10.6. The van der Waals surface area contributed by atoms with Gasteiger partial charge in [0.1, 0.15) is 0 Å². The summed E-state index contributed by atoms with van der Waals surface area (Å²) < 4.78 is 5.14. The van der Waals surface area contributed by atoms with Gasteiger partial charge in [0.2, 0.25) is 0 Å². The fraction of sp³-hybridized carbons (Fsp3) is 0.400. The number of nitrogens with zero attached hydrogens (tertiary/aromatic N) is 1. The van der Waals surface area contributed by atoms with Gasteiger partial charge in [0, 0.05) is 36.7 Å². The highest BCUT2D eigenvalue weighted by Gasteiger charge is 2.07.